The van der Waals surface area contributed by atoms with Gasteiger partial charge in [0, 0.05) is 5.69 Å². The van der Waals surface area contributed by atoms with Crippen molar-refractivity contribution < 1.29 is 9.90 Å². The fourth-order valence-corrected chi connectivity index (χ4v) is 2.10. The summed E-state index contributed by atoms with van der Waals surface area (Å²) in [4.78, 5) is 11.9. The second-order valence-corrected chi connectivity index (χ2v) is 4.84. The van der Waals surface area contributed by atoms with E-state index in [1.54, 1.807) is 18.2 Å². The smallest absolute Gasteiger partial charge is 0.228 e. The van der Waals surface area contributed by atoms with Crippen molar-refractivity contribution in [2.45, 2.75) is 26.2 Å². The van der Waals surface area contributed by atoms with E-state index in [1.165, 1.54) is 5.56 Å². The number of amides is 1. The van der Waals surface area contributed by atoms with Crippen molar-refractivity contribution >= 4 is 11.6 Å². The third kappa shape index (κ3) is 4.12. The Bertz CT molecular complexity index is 576. The molecule has 104 valence electrons. The van der Waals surface area contributed by atoms with Gasteiger partial charge in [-0.05, 0) is 41.8 Å². The Balaban J connectivity index is 1.94. The molecule has 3 heteroatoms. The minimum atomic E-state index is -0.0844. The van der Waals surface area contributed by atoms with Crippen LogP contribution in [0.5, 0.6) is 5.75 Å². The first-order chi connectivity index (χ1) is 9.67. The number of rotatable bonds is 5. The van der Waals surface area contributed by atoms with Crippen LogP contribution < -0.4 is 5.32 Å². The molecule has 0 unspecified atom stereocenters. The molecule has 1 amide bonds. The van der Waals surface area contributed by atoms with Gasteiger partial charge in [-0.25, -0.2) is 0 Å². The van der Waals surface area contributed by atoms with Crippen LogP contribution in [-0.2, 0) is 17.6 Å². The fourth-order valence-electron chi connectivity index (χ4n) is 2.10. The molecular formula is C17H19NO2. The lowest BCUT2D eigenvalue weighted by Crippen LogP contribution is -2.14. The van der Waals surface area contributed by atoms with E-state index in [0.717, 1.165) is 24.1 Å². The van der Waals surface area contributed by atoms with Crippen LogP contribution in [-0.4, -0.2) is 11.0 Å². The summed E-state index contributed by atoms with van der Waals surface area (Å²) in [7, 11) is 0. The van der Waals surface area contributed by atoms with Crippen LogP contribution >= 0.6 is 0 Å². The molecule has 0 radical (unpaired) electrons. The van der Waals surface area contributed by atoms with Crippen molar-refractivity contribution in [1.29, 1.82) is 0 Å². The Kier molecular flexibility index (Phi) is 4.77. The predicted molar refractivity (Wildman–Crippen MR) is 80.9 cm³/mol. The summed E-state index contributed by atoms with van der Waals surface area (Å²) in [5.74, 6) is 0.0954. The van der Waals surface area contributed by atoms with Crippen LogP contribution in [0.3, 0.4) is 0 Å². The average Bonchev–Trinajstić information content (AvgIpc) is 2.41. The van der Waals surface area contributed by atoms with Crippen LogP contribution in [0.15, 0.2) is 48.5 Å². The standard InChI is InChI=1S/C17H19NO2/c1-2-4-13-7-9-15(10-8-13)18-17(20)12-14-5-3-6-16(19)11-14/h3,5-11,19H,2,4,12H2,1H3,(H,18,20). The molecule has 0 bridgehead atoms. The molecule has 2 aromatic rings. The molecule has 20 heavy (non-hydrogen) atoms. The van der Waals surface area contributed by atoms with Crippen molar-refractivity contribution in [2.24, 2.45) is 0 Å². The number of hydrogen-bond donors (Lipinski definition) is 2. The van der Waals surface area contributed by atoms with Gasteiger partial charge >= 0.3 is 0 Å². The number of phenols is 1. The molecule has 0 atom stereocenters. The van der Waals surface area contributed by atoms with Crippen LogP contribution in [0.25, 0.3) is 0 Å². The molecule has 0 aliphatic rings. The maximum Gasteiger partial charge on any atom is 0.228 e. The average molecular weight is 269 g/mol. The summed E-state index contributed by atoms with van der Waals surface area (Å²) in [5.41, 5.74) is 2.87. The molecule has 0 aliphatic heterocycles. The van der Waals surface area contributed by atoms with Crippen molar-refractivity contribution in [3.63, 3.8) is 0 Å². The van der Waals surface area contributed by atoms with Gasteiger partial charge in [-0.1, -0.05) is 37.6 Å². The van der Waals surface area contributed by atoms with E-state index in [4.69, 9.17) is 0 Å². The van der Waals surface area contributed by atoms with E-state index < -0.39 is 0 Å². The topological polar surface area (TPSA) is 49.3 Å². The molecule has 0 saturated heterocycles. The van der Waals surface area contributed by atoms with Gasteiger partial charge in [0.2, 0.25) is 5.91 Å². The number of benzene rings is 2. The normalized spacial score (nSPS) is 10.2. The molecule has 0 spiro atoms. The molecule has 0 saturated carbocycles. The van der Waals surface area contributed by atoms with Crippen LogP contribution in [0.1, 0.15) is 24.5 Å². The molecule has 0 aliphatic carbocycles. The first-order valence-corrected chi connectivity index (χ1v) is 6.84. The molecule has 0 aromatic heterocycles. The lowest BCUT2D eigenvalue weighted by molar-refractivity contribution is -0.115. The van der Waals surface area contributed by atoms with E-state index in [1.807, 2.05) is 30.3 Å². The highest BCUT2D eigenvalue weighted by Gasteiger charge is 2.04. The van der Waals surface area contributed by atoms with Crippen molar-refractivity contribution in [2.75, 3.05) is 5.32 Å². The number of aryl methyl sites for hydroxylation is 1. The maximum atomic E-state index is 11.9. The molecule has 2 aromatic carbocycles. The highest BCUT2D eigenvalue weighted by molar-refractivity contribution is 5.92. The van der Waals surface area contributed by atoms with Crippen molar-refractivity contribution in [3.05, 3.63) is 59.7 Å². The molecule has 0 heterocycles. The van der Waals surface area contributed by atoms with E-state index in [2.05, 4.69) is 12.2 Å². The number of aromatic hydroxyl groups is 1. The van der Waals surface area contributed by atoms with Gasteiger partial charge in [0.05, 0.1) is 6.42 Å². The van der Waals surface area contributed by atoms with E-state index in [-0.39, 0.29) is 18.1 Å². The number of carbonyl (C=O) groups excluding carboxylic acids is 1. The van der Waals surface area contributed by atoms with Gasteiger partial charge in [0.1, 0.15) is 5.75 Å². The van der Waals surface area contributed by atoms with E-state index >= 15 is 0 Å². The SMILES string of the molecule is CCCc1ccc(NC(=O)Cc2cccc(O)c2)cc1. The fraction of sp³-hybridized carbons (Fsp3) is 0.235. The maximum absolute atomic E-state index is 11.9. The summed E-state index contributed by atoms with van der Waals surface area (Å²) >= 11 is 0. The highest BCUT2D eigenvalue weighted by atomic mass is 16.3. The minimum absolute atomic E-state index is 0.0844. The largest absolute Gasteiger partial charge is 0.508 e. The van der Waals surface area contributed by atoms with Crippen molar-refractivity contribution in [3.8, 4) is 5.75 Å². The summed E-state index contributed by atoms with van der Waals surface area (Å²) in [6.07, 6.45) is 2.42. The first-order valence-electron chi connectivity index (χ1n) is 6.84. The third-order valence-corrected chi connectivity index (χ3v) is 3.05. The zero-order valence-corrected chi connectivity index (χ0v) is 11.6. The third-order valence-electron chi connectivity index (χ3n) is 3.05. The minimum Gasteiger partial charge on any atom is -0.508 e. The second kappa shape index (κ2) is 6.75. The molecule has 2 N–H and O–H groups in total. The number of carbonyl (C=O) groups is 1. The predicted octanol–water partition coefficient (Wildman–Crippen LogP) is 3.53. The van der Waals surface area contributed by atoms with Gasteiger partial charge in [-0.15, -0.1) is 0 Å². The van der Waals surface area contributed by atoms with Crippen LogP contribution in [0, 0.1) is 0 Å². The number of phenolic OH excluding ortho intramolecular Hbond substituents is 1. The Hall–Kier alpha value is -2.29. The van der Waals surface area contributed by atoms with Crippen LogP contribution in [0.4, 0.5) is 5.69 Å². The first kappa shape index (κ1) is 14.1. The van der Waals surface area contributed by atoms with Crippen LogP contribution in [0.2, 0.25) is 0 Å². The quantitative estimate of drug-likeness (QED) is 0.872. The molecular weight excluding hydrogens is 250 g/mol. The Morgan fingerprint density at radius 2 is 1.85 bits per heavy atom. The van der Waals surface area contributed by atoms with E-state index in [9.17, 15) is 9.90 Å². The number of anilines is 1. The zero-order chi connectivity index (χ0) is 14.4. The Labute approximate surface area is 119 Å². The summed E-state index contributed by atoms with van der Waals surface area (Å²) in [6.45, 7) is 2.14. The Morgan fingerprint density at radius 1 is 1.10 bits per heavy atom. The van der Waals surface area contributed by atoms with E-state index in [0.29, 0.717) is 0 Å². The summed E-state index contributed by atoms with van der Waals surface area (Å²) in [6, 6.07) is 14.7. The van der Waals surface area contributed by atoms with Gasteiger partial charge in [-0.2, -0.15) is 0 Å². The number of hydrogen-bond acceptors (Lipinski definition) is 2. The van der Waals surface area contributed by atoms with Crippen molar-refractivity contribution in [1.82, 2.24) is 0 Å². The molecule has 3 nitrogen and oxygen atoms in total. The lowest BCUT2D eigenvalue weighted by atomic mass is 10.1. The van der Waals surface area contributed by atoms with Gasteiger partial charge in [0.25, 0.3) is 0 Å². The monoisotopic (exact) mass is 269 g/mol. The van der Waals surface area contributed by atoms with Gasteiger partial charge in [-0.3, -0.25) is 4.79 Å². The second-order valence-electron chi connectivity index (χ2n) is 4.84. The summed E-state index contributed by atoms with van der Waals surface area (Å²) < 4.78 is 0. The zero-order valence-electron chi connectivity index (χ0n) is 11.6. The van der Waals surface area contributed by atoms with Gasteiger partial charge in [0.15, 0.2) is 0 Å². The summed E-state index contributed by atoms with van der Waals surface area (Å²) in [5, 5.41) is 12.2. The highest BCUT2D eigenvalue weighted by Crippen LogP contribution is 2.14. The lowest BCUT2D eigenvalue weighted by Gasteiger charge is -2.07. The Morgan fingerprint density at radius 3 is 2.50 bits per heavy atom. The number of nitrogens with one attached hydrogen (secondary N) is 1. The van der Waals surface area contributed by atoms with Gasteiger partial charge < -0.3 is 10.4 Å². The molecule has 2 rings (SSSR count). The molecule has 0 fully saturated rings.